The quantitative estimate of drug-likeness (QED) is 0.791. The number of nitrogens with zero attached hydrogens (tertiary/aromatic N) is 1. The van der Waals surface area contributed by atoms with E-state index in [-0.39, 0.29) is 5.54 Å². The summed E-state index contributed by atoms with van der Waals surface area (Å²) in [5.41, 5.74) is 6.28. The fourth-order valence-corrected chi connectivity index (χ4v) is 3.34. The molecule has 1 heterocycles. The molecule has 1 aliphatic carbocycles. The Hall–Kier alpha value is -0.120. The lowest BCUT2D eigenvalue weighted by Gasteiger charge is -2.55. The molecule has 1 unspecified atom stereocenters. The molecule has 0 aromatic carbocycles. The molecule has 2 N–H and O–H groups in total. The molecule has 3 heteroatoms. The van der Waals surface area contributed by atoms with Crippen LogP contribution in [-0.2, 0) is 4.74 Å². The molecule has 0 radical (unpaired) electrons. The summed E-state index contributed by atoms with van der Waals surface area (Å²) >= 11 is 0. The van der Waals surface area contributed by atoms with Gasteiger partial charge in [0.25, 0.3) is 0 Å². The predicted octanol–water partition coefficient (Wildman–Crippen LogP) is 1.61. The lowest BCUT2D eigenvalue weighted by molar-refractivity contribution is -0.0988. The predicted molar refractivity (Wildman–Crippen MR) is 66.4 cm³/mol. The molecule has 2 fully saturated rings. The molecule has 1 atom stereocenters. The van der Waals surface area contributed by atoms with Crippen LogP contribution in [0.2, 0.25) is 0 Å². The number of hydrogen-bond acceptors (Lipinski definition) is 3. The molecule has 16 heavy (non-hydrogen) atoms. The van der Waals surface area contributed by atoms with Crippen LogP contribution in [0.5, 0.6) is 0 Å². The van der Waals surface area contributed by atoms with E-state index < -0.39 is 0 Å². The first-order valence-corrected chi connectivity index (χ1v) is 6.72. The van der Waals surface area contributed by atoms with Gasteiger partial charge in [0.1, 0.15) is 0 Å². The average molecular weight is 226 g/mol. The van der Waals surface area contributed by atoms with Gasteiger partial charge >= 0.3 is 0 Å². The van der Waals surface area contributed by atoms with Gasteiger partial charge in [0.15, 0.2) is 0 Å². The smallest absolute Gasteiger partial charge is 0.0607 e. The summed E-state index contributed by atoms with van der Waals surface area (Å²) in [6, 6.07) is 0. The van der Waals surface area contributed by atoms with E-state index in [1.54, 1.807) is 0 Å². The van der Waals surface area contributed by atoms with Crippen molar-refractivity contribution < 1.29 is 4.74 Å². The van der Waals surface area contributed by atoms with E-state index in [0.717, 1.165) is 25.3 Å². The summed E-state index contributed by atoms with van der Waals surface area (Å²) in [5.74, 6) is 0.888. The number of rotatable bonds is 4. The van der Waals surface area contributed by atoms with E-state index in [1.807, 2.05) is 7.11 Å². The molecule has 0 amide bonds. The maximum atomic E-state index is 6.01. The first-order valence-electron chi connectivity index (χ1n) is 6.72. The van der Waals surface area contributed by atoms with Crippen molar-refractivity contribution in [3.63, 3.8) is 0 Å². The van der Waals surface area contributed by atoms with E-state index in [0.29, 0.717) is 6.10 Å². The second-order valence-electron chi connectivity index (χ2n) is 5.56. The highest BCUT2D eigenvalue weighted by Crippen LogP contribution is 2.41. The van der Waals surface area contributed by atoms with Crippen LogP contribution in [0.3, 0.4) is 0 Å². The molecular formula is C13H26N2O. The van der Waals surface area contributed by atoms with Crippen LogP contribution in [0.25, 0.3) is 0 Å². The Morgan fingerprint density at radius 3 is 2.75 bits per heavy atom. The summed E-state index contributed by atoms with van der Waals surface area (Å²) in [7, 11) is 1.82. The van der Waals surface area contributed by atoms with E-state index >= 15 is 0 Å². The van der Waals surface area contributed by atoms with Crippen molar-refractivity contribution in [2.24, 2.45) is 11.7 Å². The van der Waals surface area contributed by atoms with E-state index in [9.17, 15) is 0 Å². The Bertz CT molecular complexity index is 226. The highest BCUT2D eigenvalue weighted by Gasteiger charge is 2.48. The molecule has 0 bridgehead atoms. The molecule has 1 saturated carbocycles. The Morgan fingerprint density at radius 2 is 2.19 bits per heavy atom. The second-order valence-corrected chi connectivity index (χ2v) is 5.56. The SMILES string of the molecule is CCC1CCCN(C2(CN)CC(OC)C2)C1. The van der Waals surface area contributed by atoms with Crippen LogP contribution in [0.15, 0.2) is 0 Å². The van der Waals surface area contributed by atoms with Gasteiger partial charge in [-0.05, 0) is 38.1 Å². The number of methoxy groups -OCH3 is 1. The van der Waals surface area contributed by atoms with Gasteiger partial charge < -0.3 is 10.5 Å². The third kappa shape index (κ3) is 2.13. The molecule has 0 spiro atoms. The first kappa shape index (κ1) is 12.3. The van der Waals surface area contributed by atoms with Crippen molar-refractivity contribution in [2.45, 2.75) is 50.7 Å². The van der Waals surface area contributed by atoms with Gasteiger partial charge in [-0.15, -0.1) is 0 Å². The third-order valence-electron chi connectivity index (χ3n) is 4.70. The Morgan fingerprint density at radius 1 is 1.44 bits per heavy atom. The van der Waals surface area contributed by atoms with Crippen LogP contribution in [0, 0.1) is 5.92 Å². The summed E-state index contributed by atoms with van der Waals surface area (Å²) in [6.07, 6.45) is 6.78. The molecule has 1 saturated heterocycles. The van der Waals surface area contributed by atoms with Crippen LogP contribution in [-0.4, -0.2) is 43.3 Å². The van der Waals surface area contributed by atoms with E-state index in [4.69, 9.17) is 10.5 Å². The number of likely N-dealkylation sites (tertiary alicyclic amines) is 1. The Labute approximate surface area is 99.3 Å². The number of hydrogen-bond donors (Lipinski definition) is 1. The van der Waals surface area contributed by atoms with Gasteiger partial charge in [-0.2, -0.15) is 0 Å². The lowest BCUT2D eigenvalue weighted by atomic mass is 9.71. The Kier molecular flexibility index (Phi) is 3.88. The molecule has 3 nitrogen and oxygen atoms in total. The summed E-state index contributed by atoms with van der Waals surface area (Å²) in [4.78, 5) is 2.65. The molecule has 0 aromatic rings. The normalized spacial score (nSPS) is 40.7. The highest BCUT2D eigenvalue weighted by atomic mass is 16.5. The third-order valence-corrected chi connectivity index (χ3v) is 4.70. The minimum absolute atomic E-state index is 0.272. The minimum atomic E-state index is 0.272. The number of piperidine rings is 1. The largest absolute Gasteiger partial charge is 0.381 e. The topological polar surface area (TPSA) is 38.5 Å². The molecule has 2 rings (SSSR count). The first-order chi connectivity index (χ1) is 7.74. The van der Waals surface area contributed by atoms with Gasteiger partial charge in [-0.3, -0.25) is 4.90 Å². The van der Waals surface area contributed by atoms with Gasteiger partial charge in [0.2, 0.25) is 0 Å². The van der Waals surface area contributed by atoms with Gasteiger partial charge in [0.05, 0.1) is 6.10 Å². The maximum absolute atomic E-state index is 6.01. The van der Waals surface area contributed by atoms with Crippen molar-refractivity contribution >= 4 is 0 Å². The van der Waals surface area contributed by atoms with Gasteiger partial charge in [-0.1, -0.05) is 13.3 Å². The summed E-state index contributed by atoms with van der Waals surface area (Å²) in [6.45, 7) is 5.60. The lowest BCUT2D eigenvalue weighted by Crippen LogP contribution is -2.65. The van der Waals surface area contributed by atoms with Gasteiger partial charge in [-0.25, -0.2) is 0 Å². The van der Waals surface area contributed by atoms with Crippen LogP contribution in [0.4, 0.5) is 0 Å². The molecule has 94 valence electrons. The van der Waals surface area contributed by atoms with Crippen molar-refractivity contribution in [1.82, 2.24) is 4.90 Å². The maximum Gasteiger partial charge on any atom is 0.0607 e. The number of ether oxygens (including phenoxy) is 1. The Balaban J connectivity index is 1.94. The van der Waals surface area contributed by atoms with E-state index in [1.165, 1.54) is 32.4 Å². The van der Waals surface area contributed by atoms with Crippen molar-refractivity contribution in [2.75, 3.05) is 26.7 Å². The van der Waals surface area contributed by atoms with E-state index in [2.05, 4.69) is 11.8 Å². The zero-order valence-corrected chi connectivity index (χ0v) is 10.7. The van der Waals surface area contributed by atoms with Gasteiger partial charge in [0, 0.05) is 25.7 Å². The van der Waals surface area contributed by atoms with Crippen LogP contribution < -0.4 is 5.73 Å². The molecule has 1 aliphatic heterocycles. The zero-order chi connectivity index (χ0) is 11.6. The fraction of sp³-hybridized carbons (Fsp3) is 1.00. The average Bonchev–Trinajstić information content (AvgIpc) is 2.29. The molecule has 2 aliphatic rings. The minimum Gasteiger partial charge on any atom is -0.381 e. The molecular weight excluding hydrogens is 200 g/mol. The van der Waals surface area contributed by atoms with Crippen molar-refractivity contribution in [3.05, 3.63) is 0 Å². The number of nitrogens with two attached hydrogens (primary N) is 1. The van der Waals surface area contributed by atoms with Crippen molar-refractivity contribution in [3.8, 4) is 0 Å². The fourth-order valence-electron chi connectivity index (χ4n) is 3.34. The zero-order valence-electron chi connectivity index (χ0n) is 10.7. The standard InChI is InChI=1S/C13H26N2O/c1-3-11-5-4-6-15(9-11)13(10-14)7-12(8-13)16-2/h11-12H,3-10,14H2,1-2H3. The summed E-state index contributed by atoms with van der Waals surface area (Å²) < 4.78 is 5.41. The van der Waals surface area contributed by atoms with Crippen LogP contribution in [0.1, 0.15) is 39.0 Å². The van der Waals surface area contributed by atoms with Crippen molar-refractivity contribution in [1.29, 1.82) is 0 Å². The summed E-state index contributed by atoms with van der Waals surface area (Å²) in [5, 5.41) is 0. The second kappa shape index (κ2) is 5.03. The monoisotopic (exact) mass is 226 g/mol. The molecule has 0 aromatic heterocycles. The van der Waals surface area contributed by atoms with Crippen LogP contribution >= 0.6 is 0 Å². The highest BCUT2D eigenvalue weighted by molar-refractivity contribution is 5.05.